The third-order valence-corrected chi connectivity index (χ3v) is 4.10. The summed E-state index contributed by atoms with van der Waals surface area (Å²) < 4.78 is 0. The molecule has 0 aliphatic rings. The van der Waals surface area contributed by atoms with Gasteiger partial charge in [-0.1, -0.05) is 45.2 Å². The lowest BCUT2D eigenvalue weighted by Gasteiger charge is -2.24. The van der Waals surface area contributed by atoms with Gasteiger partial charge >= 0.3 is 0 Å². The van der Waals surface area contributed by atoms with Gasteiger partial charge in [0.15, 0.2) is 0 Å². The summed E-state index contributed by atoms with van der Waals surface area (Å²) in [6.45, 7) is 10.8. The maximum absolute atomic E-state index is 10.6. The number of unbranched alkanes of at least 4 members (excludes halogenated alkanes) is 1. The minimum Gasteiger partial charge on any atom is -0.388 e. The Balaban J connectivity index is 2.94. The third kappa shape index (κ3) is 3.58. The van der Waals surface area contributed by atoms with Crippen LogP contribution in [0.4, 0.5) is 0 Å². The molecule has 1 aromatic rings. The van der Waals surface area contributed by atoms with Gasteiger partial charge in [-0.15, -0.1) is 0 Å². The molecule has 1 nitrogen and oxygen atoms in total. The van der Waals surface area contributed by atoms with E-state index in [0.717, 1.165) is 18.4 Å². The molecule has 0 bridgehead atoms. The van der Waals surface area contributed by atoms with Gasteiger partial charge in [0.25, 0.3) is 0 Å². The molecule has 18 heavy (non-hydrogen) atoms. The Morgan fingerprint density at radius 2 is 1.61 bits per heavy atom. The lowest BCUT2D eigenvalue weighted by molar-refractivity contribution is 0.0983. The van der Waals surface area contributed by atoms with Crippen LogP contribution in [0.5, 0.6) is 0 Å². The highest BCUT2D eigenvalue weighted by molar-refractivity contribution is 5.37. The number of rotatable bonds is 6. The molecule has 0 fully saturated rings. The Hall–Kier alpha value is -0.820. The molecule has 1 aromatic carbocycles. The average Bonchev–Trinajstić information content (AvgIpc) is 2.34. The molecule has 1 rings (SSSR count). The summed E-state index contributed by atoms with van der Waals surface area (Å²) >= 11 is 0. The molecule has 1 N–H and O–H groups in total. The van der Waals surface area contributed by atoms with E-state index in [1.807, 2.05) is 0 Å². The highest BCUT2D eigenvalue weighted by atomic mass is 16.3. The van der Waals surface area contributed by atoms with Crippen molar-refractivity contribution in [3.05, 3.63) is 34.4 Å². The van der Waals surface area contributed by atoms with Gasteiger partial charge in [-0.3, -0.25) is 0 Å². The number of hydrogen-bond acceptors (Lipinski definition) is 1. The maximum Gasteiger partial charge on any atom is 0.0820 e. The fourth-order valence-corrected chi connectivity index (χ4v) is 2.61. The van der Waals surface area contributed by atoms with Crippen LogP contribution in [0.25, 0.3) is 0 Å². The first-order valence-electron chi connectivity index (χ1n) is 7.27. The largest absolute Gasteiger partial charge is 0.388 e. The summed E-state index contributed by atoms with van der Waals surface area (Å²) in [4.78, 5) is 0. The summed E-state index contributed by atoms with van der Waals surface area (Å²) in [7, 11) is 0. The maximum atomic E-state index is 10.6. The van der Waals surface area contributed by atoms with Crippen LogP contribution in [0.15, 0.2) is 12.1 Å². The highest BCUT2D eigenvalue weighted by Gasteiger charge is 2.20. The smallest absolute Gasteiger partial charge is 0.0820 e. The van der Waals surface area contributed by atoms with Gasteiger partial charge in [0.2, 0.25) is 0 Å². The molecule has 0 spiro atoms. The van der Waals surface area contributed by atoms with E-state index in [9.17, 15) is 5.11 Å². The van der Waals surface area contributed by atoms with E-state index >= 15 is 0 Å². The lowest BCUT2D eigenvalue weighted by atomic mass is 9.86. The van der Waals surface area contributed by atoms with E-state index in [4.69, 9.17) is 0 Å². The number of aryl methyl sites for hydroxylation is 3. The minimum atomic E-state index is -0.305. The normalized spacial score (nSPS) is 14.6. The van der Waals surface area contributed by atoms with Crippen molar-refractivity contribution < 1.29 is 5.11 Å². The molecule has 1 heteroatoms. The van der Waals surface area contributed by atoms with Crippen molar-refractivity contribution in [1.29, 1.82) is 0 Å². The van der Waals surface area contributed by atoms with Crippen molar-refractivity contribution >= 4 is 0 Å². The Kier molecular flexibility index (Phi) is 5.87. The van der Waals surface area contributed by atoms with E-state index in [1.54, 1.807) is 0 Å². The molecule has 0 saturated carbocycles. The summed E-state index contributed by atoms with van der Waals surface area (Å²) in [6, 6.07) is 4.37. The molecule has 0 saturated heterocycles. The number of aliphatic hydroxyl groups is 1. The van der Waals surface area contributed by atoms with Gasteiger partial charge < -0.3 is 5.11 Å². The third-order valence-electron chi connectivity index (χ3n) is 4.10. The quantitative estimate of drug-likeness (QED) is 0.762. The van der Waals surface area contributed by atoms with Gasteiger partial charge in [0.05, 0.1) is 6.10 Å². The Morgan fingerprint density at radius 3 is 2.17 bits per heavy atom. The topological polar surface area (TPSA) is 20.2 Å². The minimum absolute atomic E-state index is 0.305. The van der Waals surface area contributed by atoms with Crippen LogP contribution in [0.3, 0.4) is 0 Å². The van der Waals surface area contributed by atoms with Gasteiger partial charge in [-0.05, 0) is 55.4 Å². The summed E-state index contributed by atoms with van der Waals surface area (Å²) in [5, 5.41) is 10.6. The van der Waals surface area contributed by atoms with Crippen LogP contribution in [0, 0.1) is 26.7 Å². The zero-order chi connectivity index (χ0) is 13.7. The predicted octanol–water partition coefficient (Wildman–Crippen LogP) is 4.86. The van der Waals surface area contributed by atoms with Gasteiger partial charge in [-0.2, -0.15) is 0 Å². The van der Waals surface area contributed by atoms with Gasteiger partial charge in [0, 0.05) is 0 Å². The van der Waals surface area contributed by atoms with Crippen LogP contribution >= 0.6 is 0 Å². The molecular weight excluding hydrogens is 220 g/mol. The Bertz CT molecular complexity index is 381. The molecule has 0 aromatic heterocycles. The summed E-state index contributed by atoms with van der Waals surface area (Å²) in [6.07, 6.45) is 4.28. The fraction of sp³-hybridized carbons (Fsp3) is 0.647. The molecule has 0 heterocycles. The monoisotopic (exact) mass is 248 g/mol. The predicted molar refractivity (Wildman–Crippen MR) is 78.9 cm³/mol. The van der Waals surface area contributed by atoms with Crippen LogP contribution in [-0.2, 0) is 0 Å². The van der Waals surface area contributed by atoms with E-state index in [2.05, 4.69) is 46.8 Å². The number of benzene rings is 1. The zero-order valence-electron chi connectivity index (χ0n) is 12.6. The number of aliphatic hydroxyl groups excluding tert-OH is 1. The molecule has 2 atom stereocenters. The van der Waals surface area contributed by atoms with Crippen LogP contribution in [0.2, 0.25) is 0 Å². The van der Waals surface area contributed by atoms with Crippen molar-refractivity contribution in [2.24, 2.45) is 5.92 Å². The number of hydrogen-bond donors (Lipinski definition) is 1. The molecular formula is C17H28O. The zero-order valence-corrected chi connectivity index (χ0v) is 12.6. The van der Waals surface area contributed by atoms with Crippen molar-refractivity contribution in [3.63, 3.8) is 0 Å². The van der Waals surface area contributed by atoms with E-state index in [1.165, 1.54) is 29.5 Å². The van der Waals surface area contributed by atoms with Crippen LogP contribution in [-0.4, -0.2) is 5.11 Å². The molecule has 0 radical (unpaired) electrons. The molecule has 0 aliphatic carbocycles. The Labute approximate surface area is 112 Å². The van der Waals surface area contributed by atoms with E-state index in [-0.39, 0.29) is 6.10 Å². The van der Waals surface area contributed by atoms with Gasteiger partial charge in [-0.25, -0.2) is 0 Å². The second-order valence-corrected chi connectivity index (χ2v) is 5.55. The second kappa shape index (κ2) is 6.94. The van der Waals surface area contributed by atoms with Gasteiger partial charge in [0.1, 0.15) is 0 Å². The van der Waals surface area contributed by atoms with Crippen molar-refractivity contribution in [3.8, 4) is 0 Å². The standard InChI is InChI=1S/C17H28O/c1-6-8-9-15(7-2)17(18)16-11-13(4)12(3)10-14(16)5/h10-11,15,17-18H,6-9H2,1-5H3. The fourth-order valence-electron chi connectivity index (χ4n) is 2.61. The second-order valence-electron chi connectivity index (χ2n) is 5.55. The SMILES string of the molecule is CCCCC(CC)C(O)c1cc(C)c(C)cc1C. The van der Waals surface area contributed by atoms with Crippen molar-refractivity contribution in [1.82, 2.24) is 0 Å². The van der Waals surface area contributed by atoms with Crippen molar-refractivity contribution in [2.75, 3.05) is 0 Å². The highest BCUT2D eigenvalue weighted by Crippen LogP contribution is 2.32. The van der Waals surface area contributed by atoms with Crippen LogP contribution < -0.4 is 0 Å². The molecule has 2 unspecified atom stereocenters. The van der Waals surface area contributed by atoms with E-state index < -0.39 is 0 Å². The lowest BCUT2D eigenvalue weighted by Crippen LogP contribution is -2.13. The average molecular weight is 248 g/mol. The first kappa shape index (κ1) is 15.2. The summed E-state index contributed by atoms with van der Waals surface area (Å²) in [5.41, 5.74) is 4.94. The molecule has 102 valence electrons. The molecule has 0 amide bonds. The first-order valence-corrected chi connectivity index (χ1v) is 7.27. The molecule has 0 aliphatic heterocycles. The van der Waals surface area contributed by atoms with Crippen LogP contribution in [0.1, 0.15) is 67.9 Å². The van der Waals surface area contributed by atoms with E-state index in [0.29, 0.717) is 5.92 Å². The first-order chi connectivity index (χ1) is 8.51. The Morgan fingerprint density at radius 1 is 1.00 bits per heavy atom. The summed E-state index contributed by atoms with van der Waals surface area (Å²) in [5.74, 6) is 0.394. The van der Waals surface area contributed by atoms with Crippen molar-refractivity contribution in [2.45, 2.75) is 66.4 Å².